The van der Waals surface area contributed by atoms with Gasteiger partial charge in [0.15, 0.2) is 6.10 Å². The molecule has 9 nitrogen and oxygen atoms in total. The Hall–Kier alpha value is -3.07. The first-order valence-electron chi connectivity index (χ1n) is 43.0. The van der Waals surface area contributed by atoms with Crippen LogP contribution in [0.4, 0.5) is 0 Å². The van der Waals surface area contributed by atoms with Gasteiger partial charge in [-0.3, -0.25) is 18.6 Å². The topological polar surface area (TPSA) is 108 Å². The van der Waals surface area contributed by atoms with E-state index in [0.717, 1.165) is 96.3 Å². The van der Waals surface area contributed by atoms with E-state index in [1.54, 1.807) is 0 Å². The first-order valence-corrected chi connectivity index (χ1v) is 44.5. The smallest absolute Gasteiger partial charge is 0.462 e. The zero-order chi connectivity index (χ0) is 72.5. The van der Waals surface area contributed by atoms with Gasteiger partial charge in [0.25, 0.3) is 0 Å². The summed E-state index contributed by atoms with van der Waals surface area (Å²) in [7, 11) is 1.48. The number of esters is 2. The Morgan fingerprint density at radius 3 is 0.850 bits per heavy atom. The molecule has 0 aliphatic heterocycles. The summed E-state index contributed by atoms with van der Waals surface area (Å²) in [5.41, 5.74) is 0. The summed E-state index contributed by atoms with van der Waals surface area (Å²) in [4.78, 5) is 36.0. The standard InChI is InChI=1S/C90H164NO8P/c1-6-8-10-12-14-16-18-20-22-24-26-28-30-32-34-36-38-40-42-43-44-45-46-47-49-50-52-54-56-58-60-62-64-66-68-70-72-74-76-78-80-82-89(92)96-86-88(87-98-100(94,95)97-85-84-91(3,4)5)99-90(93)83-81-79-77-75-73-71-69-67-65-63-61-59-57-55-53-51-48-41-39-37-35-33-31-29-27-25-23-21-19-17-15-13-11-9-7-2/h9,11,15,17,21,23,27,29,33,35,39,41,51,53,57,59,88H,6-8,10,12-14,16,18-20,22,24-26,28,30-32,34,36-38,40,42-50,52,54-56,58,60-87H2,1-5H3/p+1/b11-9-,17-15-,23-21-,29-27-,35-33-,41-39-,53-51-,59-57-. The van der Waals surface area contributed by atoms with Crippen LogP contribution in [0.15, 0.2) is 97.2 Å². The second-order valence-electron chi connectivity index (χ2n) is 30.2. The third kappa shape index (κ3) is 83.9. The maximum atomic E-state index is 12.9. The van der Waals surface area contributed by atoms with Crippen LogP contribution in [0.25, 0.3) is 0 Å². The van der Waals surface area contributed by atoms with Crippen LogP contribution in [0, 0.1) is 0 Å². The molecule has 0 aromatic carbocycles. The molecule has 0 rings (SSSR count). The zero-order valence-electron chi connectivity index (χ0n) is 66.7. The van der Waals surface area contributed by atoms with Gasteiger partial charge in [0, 0.05) is 12.8 Å². The van der Waals surface area contributed by atoms with Gasteiger partial charge in [-0.15, -0.1) is 0 Å². The number of carbonyl (C=O) groups is 2. The Morgan fingerprint density at radius 1 is 0.320 bits per heavy atom. The van der Waals surface area contributed by atoms with Crippen molar-refractivity contribution in [3.05, 3.63) is 97.2 Å². The van der Waals surface area contributed by atoms with Gasteiger partial charge in [-0.25, -0.2) is 4.57 Å². The highest BCUT2D eigenvalue weighted by atomic mass is 31.2. The molecule has 0 aliphatic carbocycles. The van der Waals surface area contributed by atoms with E-state index >= 15 is 0 Å². The molecule has 0 radical (unpaired) electrons. The summed E-state index contributed by atoms with van der Waals surface area (Å²) in [5.74, 6) is -0.789. The molecular weight excluding hydrogens is 1250 g/mol. The van der Waals surface area contributed by atoms with Crippen LogP contribution in [-0.2, 0) is 32.7 Å². The normalized spacial score (nSPS) is 13.5. The van der Waals surface area contributed by atoms with Gasteiger partial charge in [0.1, 0.15) is 19.8 Å². The molecule has 0 aromatic rings. The summed E-state index contributed by atoms with van der Waals surface area (Å²) in [6.07, 6.45) is 113. The lowest BCUT2D eigenvalue weighted by atomic mass is 10.0. The highest BCUT2D eigenvalue weighted by molar-refractivity contribution is 7.47. The van der Waals surface area contributed by atoms with Crippen LogP contribution in [0.3, 0.4) is 0 Å². The summed E-state index contributed by atoms with van der Waals surface area (Å²) in [5, 5.41) is 0. The van der Waals surface area contributed by atoms with Crippen molar-refractivity contribution in [2.45, 2.75) is 418 Å². The van der Waals surface area contributed by atoms with E-state index in [0.29, 0.717) is 17.4 Å². The van der Waals surface area contributed by atoms with Crippen molar-refractivity contribution in [2.24, 2.45) is 0 Å². The second-order valence-corrected chi connectivity index (χ2v) is 31.7. The minimum Gasteiger partial charge on any atom is -0.462 e. The van der Waals surface area contributed by atoms with Gasteiger partial charge in [-0.05, 0) is 77.0 Å². The summed E-state index contributed by atoms with van der Waals surface area (Å²) in [6, 6.07) is 0. The molecular formula is C90H165NO8P+. The molecule has 0 bridgehead atoms. The lowest BCUT2D eigenvalue weighted by Crippen LogP contribution is -2.37. The number of phosphoric ester groups is 1. The molecule has 0 saturated carbocycles. The van der Waals surface area contributed by atoms with Crippen molar-refractivity contribution in [1.29, 1.82) is 0 Å². The number of allylic oxidation sites excluding steroid dienone is 16. The van der Waals surface area contributed by atoms with Gasteiger partial charge in [-0.1, -0.05) is 419 Å². The molecule has 0 aliphatic rings. The Labute approximate surface area is 621 Å². The molecule has 0 saturated heterocycles. The number of hydrogen-bond acceptors (Lipinski definition) is 7. The van der Waals surface area contributed by atoms with Crippen LogP contribution in [0.1, 0.15) is 412 Å². The van der Waals surface area contributed by atoms with E-state index < -0.39 is 26.5 Å². The number of unbranched alkanes of at least 4 members (excludes halogenated alkanes) is 50. The molecule has 2 atom stereocenters. The largest absolute Gasteiger partial charge is 0.472 e. The Kier molecular flexibility index (Phi) is 77.6. The van der Waals surface area contributed by atoms with Crippen molar-refractivity contribution >= 4 is 19.8 Å². The minimum atomic E-state index is -4.40. The van der Waals surface area contributed by atoms with Gasteiger partial charge < -0.3 is 18.9 Å². The molecule has 582 valence electrons. The van der Waals surface area contributed by atoms with Crippen LogP contribution in [0.2, 0.25) is 0 Å². The SMILES string of the molecule is CC/C=C\C/C=C\C/C=C\C/C=C\C/C=C\C/C=C\C/C=C\C/C=C\CCCCCCCCCCCCC(=O)OC(COC(=O)CCCCCCCCCCCCCCCCCCCCCCCCCCCCCCCCCCCCCCCCCCC)COP(=O)(O)OCC[N+](C)(C)C. The third-order valence-electron chi connectivity index (χ3n) is 19.1. The summed E-state index contributed by atoms with van der Waals surface area (Å²) < 4.78 is 34.9. The number of likely N-dealkylation sites (N-methyl/N-ethyl adjacent to an activating group) is 1. The van der Waals surface area contributed by atoms with Crippen molar-refractivity contribution in [1.82, 2.24) is 0 Å². The minimum absolute atomic E-state index is 0.0289. The number of phosphoric acid groups is 1. The molecule has 2 unspecified atom stereocenters. The number of hydrogen-bond donors (Lipinski definition) is 1. The maximum Gasteiger partial charge on any atom is 0.472 e. The molecule has 10 heteroatoms. The fourth-order valence-corrected chi connectivity index (χ4v) is 13.4. The van der Waals surface area contributed by atoms with E-state index in [9.17, 15) is 19.0 Å². The van der Waals surface area contributed by atoms with Gasteiger partial charge in [0.05, 0.1) is 27.7 Å². The highest BCUT2D eigenvalue weighted by Gasteiger charge is 2.27. The molecule has 0 spiro atoms. The fraction of sp³-hybridized carbons (Fsp3) is 0.800. The predicted molar refractivity (Wildman–Crippen MR) is 436 cm³/mol. The van der Waals surface area contributed by atoms with E-state index in [4.69, 9.17) is 18.5 Å². The van der Waals surface area contributed by atoms with Gasteiger partial charge in [0.2, 0.25) is 0 Å². The van der Waals surface area contributed by atoms with E-state index in [2.05, 4.69) is 111 Å². The lowest BCUT2D eigenvalue weighted by molar-refractivity contribution is -0.870. The second kappa shape index (κ2) is 80.0. The first kappa shape index (κ1) is 96.9. The third-order valence-corrected chi connectivity index (χ3v) is 20.1. The van der Waals surface area contributed by atoms with Crippen LogP contribution in [0.5, 0.6) is 0 Å². The maximum absolute atomic E-state index is 12.9. The first-order chi connectivity index (χ1) is 49.0. The molecule has 0 aromatic heterocycles. The predicted octanol–water partition coefficient (Wildman–Crippen LogP) is 29.0. The van der Waals surface area contributed by atoms with Crippen molar-refractivity contribution in [3.63, 3.8) is 0 Å². The van der Waals surface area contributed by atoms with Gasteiger partial charge >= 0.3 is 19.8 Å². The van der Waals surface area contributed by atoms with E-state index in [1.165, 1.54) is 283 Å². The van der Waals surface area contributed by atoms with Crippen LogP contribution < -0.4 is 0 Å². The zero-order valence-corrected chi connectivity index (χ0v) is 67.6. The molecule has 0 fully saturated rings. The molecule has 0 amide bonds. The van der Waals surface area contributed by atoms with Crippen LogP contribution in [-0.4, -0.2) is 74.9 Å². The lowest BCUT2D eigenvalue weighted by Gasteiger charge is -2.24. The van der Waals surface area contributed by atoms with Crippen LogP contribution >= 0.6 is 7.82 Å². The Bertz CT molecular complexity index is 2010. The number of nitrogens with zero attached hydrogens (tertiary/aromatic N) is 1. The monoisotopic (exact) mass is 1420 g/mol. The van der Waals surface area contributed by atoms with Gasteiger partial charge in [-0.2, -0.15) is 0 Å². The van der Waals surface area contributed by atoms with E-state index in [1.807, 2.05) is 21.1 Å². The molecule has 1 N–H and O–H groups in total. The quantitative estimate of drug-likeness (QED) is 0.0211. The van der Waals surface area contributed by atoms with Crippen molar-refractivity contribution in [3.8, 4) is 0 Å². The number of rotatable bonds is 80. The fourth-order valence-electron chi connectivity index (χ4n) is 12.6. The summed E-state index contributed by atoms with van der Waals surface area (Å²) >= 11 is 0. The average molecular weight is 1420 g/mol. The average Bonchev–Trinajstić information content (AvgIpc) is 1.65. The number of quaternary nitrogens is 1. The van der Waals surface area contributed by atoms with Crippen molar-refractivity contribution < 1.29 is 42.1 Å². The Morgan fingerprint density at radius 2 is 0.570 bits per heavy atom. The Balaban J connectivity index is 3.92. The number of carbonyl (C=O) groups excluding carboxylic acids is 2. The summed E-state index contributed by atoms with van der Waals surface area (Å²) in [6.45, 7) is 4.37. The number of ether oxygens (including phenoxy) is 2. The molecule has 0 heterocycles. The van der Waals surface area contributed by atoms with Crippen molar-refractivity contribution in [2.75, 3.05) is 47.5 Å². The highest BCUT2D eigenvalue weighted by Crippen LogP contribution is 2.43. The molecule has 100 heavy (non-hydrogen) atoms. The van der Waals surface area contributed by atoms with E-state index in [-0.39, 0.29) is 32.0 Å².